The number of benzene rings is 2. The third-order valence-corrected chi connectivity index (χ3v) is 6.24. The summed E-state index contributed by atoms with van der Waals surface area (Å²) in [6.07, 6.45) is 2.30. The molecular weight excluding hydrogens is 414 g/mol. The van der Waals surface area contributed by atoms with Gasteiger partial charge in [0.15, 0.2) is 0 Å². The maximum absolute atomic E-state index is 12.6. The summed E-state index contributed by atoms with van der Waals surface area (Å²) in [5.74, 6) is 0.634. The number of amides is 1. The fraction of sp³-hybridized carbons (Fsp3) is 0.217. The summed E-state index contributed by atoms with van der Waals surface area (Å²) in [5.41, 5.74) is 1.54. The second-order valence-electron chi connectivity index (χ2n) is 7.17. The molecule has 1 amide bonds. The number of rotatable bonds is 8. The van der Waals surface area contributed by atoms with Crippen molar-refractivity contribution >= 4 is 21.6 Å². The van der Waals surface area contributed by atoms with Crippen LogP contribution in [0.3, 0.4) is 0 Å². The van der Waals surface area contributed by atoms with Crippen LogP contribution >= 0.6 is 0 Å². The molecule has 0 spiro atoms. The van der Waals surface area contributed by atoms with Crippen LogP contribution in [0.1, 0.15) is 36.2 Å². The summed E-state index contributed by atoms with van der Waals surface area (Å²) in [5, 5.41) is 2.88. The average Bonchev–Trinajstić information content (AvgIpc) is 2.75. The van der Waals surface area contributed by atoms with Crippen LogP contribution in [0.15, 0.2) is 71.8 Å². The van der Waals surface area contributed by atoms with Gasteiger partial charge in [0.05, 0.1) is 10.5 Å². The third-order valence-electron chi connectivity index (χ3n) is 4.70. The van der Waals surface area contributed by atoms with Gasteiger partial charge in [-0.1, -0.05) is 25.1 Å². The van der Waals surface area contributed by atoms with Gasteiger partial charge in [0.2, 0.25) is 5.88 Å². The molecule has 3 aromatic rings. The van der Waals surface area contributed by atoms with Crippen molar-refractivity contribution in [1.29, 1.82) is 0 Å². The predicted octanol–water partition coefficient (Wildman–Crippen LogP) is 4.51. The zero-order valence-corrected chi connectivity index (χ0v) is 18.4. The number of pyridine rings is 1. The number of nitrogens with zero attached hydrogens (tertiary/aromatic N) is 1. The average molecular weight is 440 g/mol. The zero-order valence-electron chi connectivity index (χ0n) is 17.6. The molecule has 0 bridgehead atoms. The zero-order chi connectivity index (χ0) is 22.4. The number of aromatic nitrogens is 1. The SMILES string of the molecule is CCC(C)NC(=O)c1ccc(Oc2ccc(NS(=O)(=O)c3ccccc3C)cc2)nc1. The fourth-order valence-electron chi connectivity index (χ4n) is 2.76. The van der Waals surface area contributed by atoms with Crippen LogP contribution in [0.2, 0.25) is 0 Å². The molecule has 1 unspecified atom stereocenters. The monoisotopic (exact) mass is 439 g/mol. The van der Waals surface area contributed by atoms with Gasteiger partial charge in [-0.05, 0) is 62.2 Å². The van der Waals surface area contributed by atoms with Crippen LogP contribution in [-0.4, -0.2) is 25.4 Å². The molecule has 0 saturated heterocycles. The second-order valence-corrected chi connectivity index (χ2v) is 8.82. The maximum Gasteiger partial charge on any atom is 0.262 e. The lowest BCUT2D eigenvalue weighted by atomic mass is 10.2. The number of nitrogens with one attached hydrogen (secondary N) is 2. The molecule has 3 rings (SSSR count). The van der Waals surface area contributed by atoms with Crippen molar-refractivity contribution in [1.82, 2.24) is 10.3 Å². The fourth-order valence-corrected chi connectivity index (χ4v) is 4.07. The first kappa shape index (κ1) is 22.3. The first-order chi connectivity index (χ1) is 14.8. The highest BCUT2D eigenvalue weighted by molar-refractivity contribution is 7.92. The molecule has 7 nitrogen and oxygen atoms in total. The number of hydrogen-bond acceptors (Lipinski definition) is 5. The van der Waals surface area contributed by atoms with Gasteiger partial charge in [-0.15, -0.1) is 0 Å². The first-order valence-electron chi connectivity index (χ1n) is 9.92. The Labute approximate surface area is 182 Å². The Balaban J connectivity index is 1.64. The summed E-state index contributed by atoms with van der Waals surface area (Å²) in [6.45, 7) is 5.68. The van der Waals surface area contributed by atoms with E-state index in [9.17, 15) is 13.2 Å². The molecule has 2 aromatic carbocycles. The molecule has 0 aliphatic rings. The van der Waals surface area contributed by atoms with E-state index in [2.05, 4.69) is 15.0 Å². The number of aryl methyl sites for hydroxylation is 1. The first-order valence-corrected chi connectivity index (χ1v) is 11.4. The predicted molar refractivity (Wildman–Crippen MR) is 120 cm³/mol. The van der Waals surface area contributed by atoms with Gasteiger partial charge in [-0.2, -0.15) is 0 Å². The molecule has 1 atom stereocenters. The van der Waals surface area contributed by atoms with Crippen LogP contribution in [0.25, 0.3) is 0 Å². The van der Waals surface area contributed by atoms with Crippen molar-refractivity contribution in [3.63, 3.8) is 0 Å². The van der Waals surface area contributed by atoms with Crippen molar-refractivity contribution in [2.75, 3.05) is 4.72 Å². The highest BCUT2D eigenvalue weighted by atomic mass is 32.2. The molecule has 1 heterocycles. The molecule has 0 aliphatic carbocycles. The quantitative estimate of drug-likeness (QED) is 0.538. The summed E-state index contributed by atoms with van der Waals surface area (Å²) < 4.78 is 33.4. The third kappa shape index (κ3) is 5.82. The summed E-state index contributed by atoms with van der Waals surface area (Å²) >= 11 is 0. The lowest BCUT2D eigenvalue weighted by Crippen LogP contribution is -2.31. The number of anilines is 1. The number of sulfonamides is 1. The van der Waals surface area contributed by atoms with Crippen LogP contribution < -0.4 is 14.8 Å². The van der Waals surface area contributed by atoms with Crippen LogP contribution in [-0.2, 0) is 10.0 Å². The van der Waals surface area contributed by atoms with Gasteiger partial charge in [-0.25, -0.2) is 13.4 Å². The van der Waals surface area contributed by atoms with E-state index in [1.54, 1.807) is 67.6 Å². The van der Waals surface area contributed by atoms with E-state index in [4.69, 9.17) is 4.74 Å². The minimum Gasteiger partial charge on any atom is -0.439 e. The van der Waals surface area contributed by atoms with Gasteiger partial charge in [-0.3, -0.25) is 9.52 Å². The lowest BCUT2D eigenvalue weighted by Gasteiger charge is -2.12. The van der Waals surface area contributed by atoms with Crippen molar-refractivity contribution in [2.24, 2.45) is 0 Å². The van der Waals surface area contributed by atoms with E-state index in [0.717, 1.165) is 6.42 Å². The molecule has 0 saturated carbocycles. The van der Waals surface area contributed by atoms with Crippen LogP contribution in [0.4, 0.5) is 5.69 Å². The minimum atomic E-state index is -3.68. The van der Waals surface area contributed by atoms with Gasteiger partial charge in [0, 0.05) is 24.0 Å². The topological polar surface area (TPSA) is 97.4 Å². The summed E-state index contributed by atoms with van der Waals surface area (Å²) in [7, 11) is -3.68. The number of ether oxygens (including phenoxy) is 1. The largest absolute Gasteiger partial charge is 0.439 e. The standard InChI is InChI=1S/C23H25N3O4S/c1-4-17(3)25-23(27)18-9-14-22(24-15-18)30-20-12-10-19(11-13-20)26-31(28,29)21-8-6-5-7-16(21)2/h5-15,17,26H,4H2,1-3H3,(H,25,27). The molecule has 0 fully saturated rings. The number of carbonyl (C=O) groups excluding carboxylic acids is 1. The van der Waals surface area contributed by atoms with Gasteiger partial charge in [0.25, 0.3) is 15.9 Å². The highest BCUT2D eigenvalue weighted by Crippen LogP contribution is 2.24. The summed E-state index contributed by atoms with van der Waals surface area (Å²) in [4.78, 5) is 16.5. The lowest BCUT2D eigenvalue weighted by molar-refractivity contribution is 0.0939. The molecular formula is C23H25N3O4S. The number of hydrogen-bond donors (Lipinski definition) is 2. The Kier molecular flexibility index (Phi) is 6.91. The van der Waals surface area contributed by atoms with Crippen molar-refractivity contribution in [3.8, 4) is 11.6 Å². The van der Waals surface area contributed by atoms with E-state index in [-0.39, 0.29) is 16.8 Å². The maximum atomic E-state index is 12.6. The molecule has 8 heteroatoms. The molecule has 0 aliphatic heterocycles. The van der Waals surface area contributed by atoms with Gasteiger partial charge >= 0.3 is 0 Å². The Hall–Kier alpha value is -3.39. The molecule has 162 valence electrons. The minimum absolute atomic E-state index is 0.0881. The molecule has 2 N–H and O–H groups in total. The van der Waals surface area contributed by atoms with E-state index in [1.807, 2.05) is 13.8 Å². The van der Waals surface area contributed by atoms with Crippen LogP contribution in [0, 0.1) is 6.92 Å². The second kappa shape index (κ2) is 9.61. The van der Waals surface area contributed by atoms with E-state index in [0.29, 0.717) is 28.4 Å². The van der Waals surface area contributed by atoms with E-state index in [1.165, 1.54) is 6.20 Å². The Bertz CT molecular complexity index is 1140. The van der Waals surface area contributed by atoms with Crippen molar-refractivity contribution in [3.05, 3.63) is 78.0 Å². The Morgan fingerprint density at radius 1 is 1.06 bits per heavy atom. The van der Waals surface area contributed by atoms with Crippen molar-refractivity contribution < 1.29 is 17.9 Å². The van der Waals surface area contributed by atoms with E-state index >= 15 is 0 Å². The Morgan fingerprint density at radius 3 is 2.39 bits per heavy atom. The van der Waals surface area contributed by atoms with Crippen molar-refractivity contribution in [2.45, 2.75) is 38.1 Å². The smallest absolute Gasteiger partial charge is 0.262 e. The highest BCUT2D eigenvalue weighted by Gasteiger charge is 2.16. The number of carbonyl (C=O) groups is 1. The normalized spacial score (nSPS) is 12.1. The van der Waals surface area contributed by atoms with Crippen LogP contribution in [0.5, 0.6) is 11.6 Å². The van der Waals surface area contributed by atoms with Gasteiger partial charge < -0.3 is 10.1 Å². The molecule has 31 heavy (non-hydrogen) atoms. The molecule has 0 radical (unpaired) electrons. The Morgan fingerprint density at radius 2 is 1.77 bits per heavy atom. The molecule has 1 aromatic heterocycles. The van der Waals surface area contributed by atoms with E-state index < -0.39 is 10.0 Å². The summed E-state index contributed by atoms with van der Waals surface area (Å²) in [6, 6.07) is 16.6. The van der Waals surface area contributed by atoms with Gasteiger partial charge in [0.1, 0.15) is 5.75 Å².